The van der Waals surface area contributed by atoms with Crippen LogP contribution in [0.2, 0.25) is 0 Å². The molecular formula is C14H14F6O. The molecule has 0 aromatic heterocycles. The molecule has 21 heavy (non-hydrogen) atoms. The van der Waals surface area contributed by atoms with Crippen molar-refractivity contribution in [2.24, 2.45) is 0 Å². The van der Waals surface area contributed by atoms with Crippen LogP contribution in [0, 0.1) is 0 Å². The lowest BCUT2D eigenvalue weighted by Gasteiger charge is -2.23. The van der Waals surface area contributed by atoms with E-state index >= 15 is 0 Å². The van der Waals surface area contributed by atoms with Gasteiger partial charge >= 0.3 is 12.4 Å². The third-order valence-corrected chi connectivity index (χ3v) is 2.61. The highest BCUT2D eigenvalue weighted by atomic mass is 19.4. The van der Waals surface area contributed by atoms with Crippen molar-refractivity contribution >= 4 is 0 Å². The van der Waals surface area contributed by atoms with Crippen LogP contribution in [0.5, 0.6) is 5.75 Å². The van der Waals surface area contributed by atoms with Gasteiger partial charge in [0, 0.05) is 0 Å². The largest absolute Gasteiger partial charge is 0.490 e. The standard InChI is InChI=1S/C14H14F6O/c1-9(2)7-8-21-11-5-3-10(4-6-11)12(13(15,16)17)14(18,19)20/h3-7,12H,8H2,1-2H3. The van der Waals surface area contributed by atoms with Gasteiger partial charge in [0.2, 0.25) is 0 Å². The van der Waals surface area contributed by atoms with Crippen molar-refractivity contribution in [3.05, 3.63) is 41.5 Å². The summed E-state index contributed by atoms with van der Waals surface area (Å²) in [6.45, 7) is 3.87. The first kappa shape index (κ1) is 17.4. The minimum Gasteiger partial charge on any atom is -0.490 e. The van der Waals surface area contributed by atoms with Crippen LogP contribution in [0.1, 0.15) is 25.3 Å². The Bertz CT molecular complexity index is 466. The normalized spacial score (nSPS) is 12.4. The highest BCUT2D eigenvalue weighted by molar-refractivity contribution is 5.31. The zero-order valence-corrected chi connectivity index (χ0v) is 11.3. The van der Waals surface area contributed by atoms with Gasteiger partial charge in [0.25, 0.3) is 0 Å². The molecule has 1 aromatic rings. The van der Waals surface area contributed by atoms with Gasteiger partial charge in [0.15, 0.2) is 5.92 Å². The molecule has 0 unspecified atom stereocenters. The molecule has 0 N–H and O–H groups in total. The Morgan fingerprint density at radius 1 is 1.00 bits per heavy atom. The molecule has 0 aliphatic rings. The molecular weight excluding hydrogens is 298 g/mol. The first-order valence-electron chi connectivity index (χ1n) is 6.01. The summed E-state index contributed by atoms with van der Waals surface area (Å²) in [6.07, 6.45) is -9.03. The first-order valence-corrected chi connectivity index (χ1v) is 6.01. The van der Waals surface area contributed by atoms with E-state index < -0.39 is 23.8 Å². The molecule has 0 amide bonds. The van der Waals surface area contributed by atoms with E-state index in [0.29, 0.717) is 0 Å². The van der Waals surface area contributed by atoms with Crippen molar-refractivity contribution in [3.8, 4) is 5.75 Å². The number of rotatable bonds is 4. The van der Waals surface area contributed by atoms with Crippen LogP contribution in [0.4, 0.5) is 26.3 Å². The van der Waals surface area contributed by atoms with Crippen molar-refractivity contribution in [1.82, 2.24) is 0 Å². The van der Waals surface area contributed by atoms with E-state index in [1.165, 1.54) is 0 Å². The summed E-state index contributed by atoms with van der Waals surface area (Å²) in [6, 6.07) is 3.75. The number of halogens is 6. The number of allylic oxidation sites excluding steroid dienone is 1. The molecule has 0 saturated carbocycles. The van der Waals surface area contributed by atoms with Crippen LogP contribution in [-0.2, 0) is 0 Å². The second-order valence-corrected chi connectivity index (χ2v) is 4.68. The Morgan fingerprint density at radius 3 is 1.86 bits per heavy atom. The third-order valence-electron chi connectivity index (χ3n) is 2.61. The minimum absolute atomic E-state index is 0.198. The lowest BCUT2D eigenvalue weighted by molar-refractivity contribution is -0.253. The highest BCUT2D eigenvalue weighted by Crippen LogP contribution is 2.46. The van der Waals surface area contributed by atoms with Crippen molar-refractivity contribution < 1.29 is 31.1 Å². The van der Waals surface area contributed by atoms with Crippen molar-refractivity contribution in [1.29, 1.82) is 0 Å². The molecule has 118 valence electrons. The molecule has 0 aliphatic heterocycles. The molecule has 0 bridgehead atoms. The smallest absolute Gasteiger partial charge is 0.404 e. The average Bonchev–Trinajstić information content (AvgIpc) is 2.27. The van der Waals surface area contributed by atoms with Crippen LogP contribution in [0.3, 0.4) is 0 Å². The Labute approximate surface area is 118 Å². The van der Waals surface area contributed by atoms with Crippen LogP contribution in [0.25, 0.3) is 0 Å². The molecule has 0 saturated heterocycles. The third kappa shape index (κ3) is 5.32. The predicted octanol–water partition coefficient (Wildman–Crippen LogP) is 5.24. The van der Waals surface area contributed by atoms with Crippen LogP contribution in [-0.4, -0.2) is 19.0 Å². The van der Waals surface area contributed by atoms with E-state index in [9.17, 15) is 26.3 Å². The summed E-state index contributed by atoms with van der Waals surface area (Å²) in [7, 11) is 0. The van der Waals surface area contributed by atoms with Gasteiger partial charge in [-0.1, -0.05) is 17.7 Å². The van der Waals surface area contributed by atoms with Crippen LogP contribution < -0.4 is 4.74 Å². The van der Waals surface area contributed by atoms with Gasteiger partial charge in [-0.2, -0.15) is 26.3 Å². The molecule has 7 heteroatoms. The maximum Gasteiger partial charge on any atom is 0.404 e. The quantitative estimate of drug-likeness (QED) is 0.546. The van der Waals surface area contributed by atoms with Crippen molar-refractivity contribution in [2.45, 2.75) is 32.1 Å². The molecule has 1 aromatic carbocycles. The maximum atomic E-state index is 12.5. The molecule has 1 nitrogen and oxygen atoms in total. The van der Waals surface area contributed by atoms with E-state index in [2.05, 4.69) is 0 Å². The highest BCUT2D eigenvalue weighted by Gasteiger charge is 2.57. The molecule has 0 radical (unpaired) electrons. The summed E-state index contributed by atoms with van der Waals surface area (Å²) >= 11 is 0. The molecule has 0 spiro atoms. The summed E-state index contributed by atoms with van der Waals surface area (Å²) in [5.74, 6) is -3.28. The van der Waals surface area contributed by atoms with E-state index in [-0.39, 0.29) is 12.4 Å². The van der Waals surface area contributed by atoms with Gasteiger partial charge in [-0.25, -0.2) is 0 Å². The van der Waals surface area contributed by atoms with E-state index in [0.717, 1.165) is 29.8 Å². The van der Waals surface area contributed by atoms with Crippen LogP contribution >= 0.6 is 0 Å². The monoisotopic (exact) mass is 312 g/mol. The zero-order valence-electron chi connectivity index (χ0n) is 11.3. The molecule has 0 fully saturated rings. The van der Waals surface area contributed by atoms with E-state index in [4.69, 9.17) is 4.74 Å². The molecule has 0 heterocycles. The van der Waals surface area contributed by atoms with Crippen molar-refractivity contribution in [2.75, 3.05) is 6.61 Å². The second kappa shape index (κ2) is 6.41. The fraction of sp³-hybridized carbons (Fsp3) is 0.429. The number of hydrogen-bond donors (Lipinski definition) is 0. The van der Waals surface area contributed by atoms with E-state index in [1.807, 2.05) is 13.8 Å². The lowest BCUT2D eigenvalue weighted by atomic mass is 9.98. The lowest BCUT2D eigenvalue weighted by Crippen LogP contribution is -2.34. The Kier molecular flexibility index (Phi) is 5.31. The molecule has 0 atom stereocenters. The molecule has 0 aliphatic carbocycles. The summed E-state index contributed by atoms with van der Waals surface area (Å²) in [4.78, 5) is 0. The Morgan fingerprint density at radius 2 is 1.48 bits per heavy atom. The number of hydrogen-bond acceptors (Lipinski definition) is 1. The Balaban J connectivity index is 2.91. The first-order chi connectivity index (χ1) is 9.51. The number of benzene rings is 1. The summed E-state index contributed by atoms with van der Waals surface area (Å²) in [5.41, 5.74) is 0.130. The number of alkyl halides is 6. The zero-order chi connectivity index (χ0) is 16.3. The fourth-order valence-electron chi connectivity index (χ4n) is 1.62. The fourth-order valence-corrected chi connectivity index (χ4v) is 1.62. The topological polar surface area (TPSA) is 9.23 Å². The summed E-state index contributed by atoms with van der Waals surface area (Å²) in [5, 5.41) is 0. The van der Waals surface area contributed by atoms with Crippen LogP contribution in [0.15, 0.2) is 35.9 Å². The van der Waals surface area contributed by atoms with Gasteiger partial charge in [0.1, 0.15) is 12.4 Å². The molecule has 1 rings (SSSR count). The number of ether oxygens (including phenoxy) is 1. The maximum absolute atomic E-state index is 12.5. The van der Waals surface area contributed by atoms with Gasteiger partial charge in [-0.3, -0.25) is 0 Å². The average molecular weight is 312 g/mol. The van der Waals surface area contributed by atoms with Gasteiger partial charge in [-0.15, -0.1) is 0 Å². The second-order valence-electron chi connectivity index (χ2n) is 4.68. The van der Waals surface area contributed by atoms with Crippen molar-refractivity contribution in [3.63, 3.8) is 0 Å². The van der Waals surface area contributed by atoms with Gasteiger partial charge < -0.3 is 4.74 Å². The minimum atomic E-state index is -5.39. The predicted molar refractivity (Wildman–Crippen MR) is 66.2 cm³/mol. The van der Waals surface area contributed by atoms with Gasteiger partial charge in [0.05, 0.1) is 0 Å². The summed E-state index contributed by atoms with van der Waals surface area (Å²) < 4.78 is 80.4. The Hall–Kier alpha value is -1.66. The van der Waals surface area contributed by atoms with Gasteiger partial charge in [-0.05, 0) is 37.6 Å². The van der Waals surface area contributed by atoms with E-state index in [1.54, 1.807) is 6.08 Å². The SMILES string of the molecule is CC(C)=CCOc1ccc(C(C(F)(F)F)C(F)(F)F)cc1.